The van der Waals surface area contributed by atoms with Crippen LogP contribution >= 0.6 is 11.8 Å². The van der Waals surface area contributed by atoms with Gasteiger partial charge in [0.1, 0.15) is 0 Å². The Morgan fingerprint density at radius 3 is 2.57 bits per heavy atom. The van der Waals surface area contributed by atoms with Crippen molar-refractivity contribution in [3.63, 3.8) is 0 Å². The fraction of sp³-hybridized carbons (Fsp3) is 0.588. The molecule has 0 spiro atoms. The highest BCUT2D eigenvalue weighted by atomic mass is 32.2. The maximum absolute atomic E-state index is 12.2. The van der Waals surface area contributed by atoms with Crippen LogP contribution in [-0.4, -0.2) is 34.7 Å². The van der Waals surface area contributed by atoms with Crippen LogP contribution < -0.4 is 5.32 Å². The van der Waals surface area contributed by atoms with Gasteiger partial charge in [-0.2, -0.15) is 11.8 Å². The number of benzene rings is 1. The van der Waals surface area contributed by atoms with Crippen LogP contribution in [0.5, 0.6) is 0 Å². The minimum Gasteiger partial charge on any atom is -0.388 e. The van der Waals surface area contributed by atoms with Gasteiger partial charge in [0.2, 0.25) is 5.91 Å². The lowest BCUT2D eigenvalue weighted by Crippen LogP contribution is -2.46. The number of thioether (sulfide) groups is 1. The molecule has 0 aromatic heterocycles. The highest BCUT2D eigenvalue weighted by Gasteiger charge is 2.30. The summed E-state index contributed by atoms with van der Waals surface area (Å²) in [5.74, 6) is 1.91. The third-order valence-electron chi connectivity index (χ3n) is 4.13. The number of hydrogen-bond acceptors (Lipinski definition) is 3. The smallest absolute Gasteiger partial charge is 0.223 e. The molecule has 1 unspecified atom stereocenters. The number of carbonyl (C=O) groups excluding carboxylic acids is 1. The van der Waals surface area contributed by atoms with Crippen molar-refractivity contribution in [3.05, 3.63) is 35.4 Å². The molecule has 0 aliphatic carbocycles. The number of rotatable bonds is 5. The molecular weight excluding hydrogens is 282 g/mol. The molecule has 21 heavy (non-hydrogen) atoms. The second-order valence-corrected chi connectivity index (χ2v) is 7.37. The third-order valence-corrected chi connectivity index (χ3v) is 5.11. The van der Waals surface area contributed by atoms with Crippen LogP contribution in [0, 0.1) is 12.8 Å². The zero-order valence-corrected chi connectivity index (χ0v) is 13.7. The van der Waals surface area contributed by atoms with Crippen molar-refractivity contribution >= 4 is 17.7 Å². The maximum atomic E-state index is 12.2. The van der Waals surface area contributed by atoms with E-state index in [1.54, 1.807) is 0 Å². The van der Waals surface area contributed by atoms with Crippen LogP contribution in [-0.2, 0) is 11.2 Å². The first-order valence-corrected chi connectivity index (χ1v) is 8.77. The first-order chi connectivity index (χ1) is 9.98. The molecule has 2 N–H and O–H groups in total. The van der Waals surface area contributed by atoms with E-state index in [-0.39, 0.29) is 11.8 Å². The first-order valence-electron chi connectivity index (χ1n) is 7.62. The van der Waals surface area contributed by atoms with E-state index in [2.05, 4.69) is 36.5 Å². The number of hydrogen-bond donors (Lipinski definition) is 2. The van der Waals surface area contributed by atoms with Crippen molar-refractivity contribution in [2.75, 3.05) is 18.1 Å². The molecule has 1 aliphatic heterocycles. The lowest BCUT2D eigenvalue weighted by Gasteiger charge is -2.32. The molecule has 1 atom stereocenters. The van der Waals surface area contributed by atoms with Crippen LogP contribution in [0.2, 0.25) is 0 Å². The number of nitrogens with one attached hydrogen (secondary N) is 1. The maximum Gasteiger partial charge on any atom is 0.223 e. The second-order valence-electron chi connectivity index (χ2n) is 6.15. The highest BCUT2D eigenvalue weighted by Crippen LogP contribution is 2.26. The number of aliphatic hydroxyl groups is 1. The largest absolute Gasteiger partial charge is 0.388 e. The summed E-state index contributed by atoms with van der Waals surface area (Å²) in [6.07, 6.45) is 2.27. The van der Waals surface area contributed by atoms with Gasteiger partial charge in [0, 0.05) is 12.5 Å². The van der Waals surface area contributed by atoms with Gasteiger partial charge in [-0.25, -0.2) is 0 Å². The van der Waals surface area contributed by atoms with E-state index in [1.807, 2.05) is 18.7 Å². The summed E-state index contributed by atoms with van der Waals surface area (Å²) in [4.78, 5) is 12.2. The fourth-order valence-electron chi connectivity index (χ4n) is 2.52. The summed E-state index contributed by atoms with van der Waals surface area (Å²) in [5.41, 5.74) is 1.70. The van der Waals surface area contributed by atoms with E-state index in [0.29, 0.717) is 6.54 Å². The molecule has 1 aromatic carbocycles. The molecule has 1 fully saturated rings. The Hall–Kier alpha value is -1.00. The molecule has 0 bridgehead atoms. The van der Waals surface area contributed by atoms with Crippen molar-refractivity contribution < 1.29 is 9.90 Å². The predicted molar refractivity (Wildman–Crippen MR) is 88.6 cm³/mol. The van der Waals surface area contributed by atoms with Gasteiger partial charge < -0.3 is 10.4 Å². The first kappa shape index (κ1) is 16.4. The van der Waals surface area contributed by atoms with E-state index in [9.17, 15) is 9.90 Å². The van der Waals surface area contributed by atoms with Gasteiger partial charge in [-0.3, -0.25) is 4.79 Å². The summed E-state index contributed by atoms with van der Waals surface area (Å²) in [6.45, 7) is 4.38. The van der Waals surface area contributed by atoms with Crippen molar-refractivity contribution in [1.29, 1.82) is 0 Å². The average Bonchev–Trinajstić information content (AvgIpc) is 2.48. The van der Waals surface area contributed by atoms with Gasteiger partial charge in [-0.05, 0) is 43.3 Å². The standard InChI is InChI=1S/C17H25NO2S/c1-13-3-5-15(6-4-13)11-14(2)16(19)18-12-17(20)7-9-21-10-8-17/h3-6,14,20H,7-12H2,1-2H3,(H,18,19). The van der Waals surface area contributed by atoms with Crippen molar-refractivity contribution in [2.24, 2.45) is 5.92 Å². The van der Waals surface area contributed by atoms with Crippen LogP contribution in [0.1, 0.15) is 30.9 Å². The van der Waals surface area contributed by atoms with Gasteiger partial charge >= 0.3 is 0 Å². The molecule has 1 amide bonds. The third kappa shape index (κ3) is 5.04. The Kier molecular flexibility index (Phi) is 5.71. The van der Waals surface area contributed by atoms with E-state index in [1.165, 1.54) is 11.1 Å². The van der Waals surface area contributed by atoms with Gasteiger partial charge in [0.15, 0.2) is 0 Å². The molecule has 4 heteroatoms. The topological polar surface area (TPSA) is 49.3 Å². The van der Waals surface area contributed by atoms with Crippen LogP contribution in [0.3, 0.4) is 0 Å². The van der Waals surface area contributed by atoms with Crippen LogP contribution in [0.15, 0.2) is 24.3 Å². The van der Waals surface area contributed by atoms with Crippen molar-refractivity contribution in [3.8, 4) is 0 Å². The lowest BCUT2D eigenvalue weighted by molar-refractivity contribution is -0.125. The molecule has 1 heterocycles. The Labute approximate surface area is 131 Å². The zero-order valence-electron chi connectivity index (χ0n) is 12.9. The van der Waals surface area contributed by atoms with E-state index in [0.717, 1.165) is 30.8 Å². The second kappa shape index (κ2) is 7.32. The number of carbonyl (C=O) groups is 1. The Morgan fingerprint density at radius 2 is 1.95 bits per heavy atom. The van der Waals surface area contributed by atoms with E-state index >= 15 is 0 Å². The average molecular weight is 307 g/mol. The molecule has 116 valence electrons. The molecule has 1 aliphatic rings. The summed E-state index contributed by atoms with van der Waals surface area (Å²) in [7, 11) is 0. The molecular formula is C17H25NO2S. The van der Waals surface area contributed by atoms with E-state index in [4.69, 9.17) is 0 Å². The lowest BCUT2D eigenvalue weighted by atomic mass is 9.95. The van der Waals surface area contributed by atoms with Gasteiger partial charge in [0.25, 0.3) is 0 Å². The number of amides is 1. The van der Waals surface area contributed by atoms with Crippen molar-refractivity contribution in [1.82, 2.24) is 5.32 Å². The summed E-state index contributed by atoms with van der Waals surface area (Å²) < 4.78 is 0. The van der Waals surface area contributed by atoms with Gasteiger partial charge in [-0.1, -0.05) is 36.8 Å². The molecule has 1 saturated heterocycles. The molecule has 3 nitrogen and oxygen atoms in total. The summed E-state index contributed by atoms with van der Waals surface area (Å²) in [5, 5.41) is 13.3. The Bertz CT molecular complexity index is 466. The highest BCUT2D eigenvalue weighted by molar-refractivity contribution is 7.99. The summed E-state index contributed by atoms with van der Waals surface area (Å²) >= 11 is 1.87. The van der Waals surface area contributed by atoms with E-state index < -0.39 is 5.60 Å². The van der Waals surface area contributed by atoms with Gasteiger partial charge in [-0.15, -0.1) is 0 Å². The number of aryl methyl sites for hydroxylation is 1. The summed E-state index contributed by atoms with van der Waals surface area (Å²) in [6, 6.07) is 8.29. The Balaban J connectivity index is 1.80. The van der Waals surface area contributed by atoms with Crippen LogP contribution in [0.4, 0.5) is 0 Å². The molecule has 2 rings (SSSR count). The molecule has 0 radical (unpaired) electrons. The minimum absolute atomic E-state index is 0.0298. The minimum atomic E-state index is -0.704. The van der Waals surface area contributed by atoms with Gasteiger partial charge in [0.05, 0.1) is 5.60 Å². The van der Waals surface area contributed by atoms with Crippen LogP contribution in [0.25, 0.3) is 0 Å². The normalized spacial score (nSPS) is 19.0. The predicted octanol–water partition coefficient (Wildman–Crippen LogP) is 2.55. The molecule has 0 saturated carbocycles. The fourth-order valence-corrected chi connectivity index (χ4v) is 3.78. The SMILES string of the molecule is Cc1ccc(CC(C)C(=O)NCC2(O)CCSCC2)cc1. The Morgan fingerprint density at radius 1 is 1.33 bits per heavy atom. The van der Waals surface area contributed by atoms with Crippen molar-refractivity contribution in [2.45, 2.75) is 38.7 Å². The zero-order chi connectivity index (χ0) is 15.3. The quantitative estimate of drug-likeness (QED) is 0.879. The molecule has 1 aromatic rings. The monoisotopic (exact) mass is 307 g/mol.